The maximum absolute atomic E-state index is 4.61. The lowest BCUT2D eigenvalue weighted by Gasteiger charge is -2.12. The standard InChI is InChI=1S/C11H20N2S2/c1-5-14-7-6-10(12-4)11-13-8(2)9(3)15-11/h10,12H,5-7H2,1-4H3. The summed E-state index contributed by atoms with van der Waals surface area (Å²) in [6, 6.07) is 0.432. The van der Waals surface area contributed by atoms with Crippen LogP contribution in [0.3, 0.4) is 0 Å². The van der Waals surface area contributed by atoms with Crippen molar-refractivity contribution in [3.05, 3.63) is 15.6 Å². The van der Waals surface area contributed by atoms with Crippen LogP contribution in [-0.2, 0) is 0 Å². The molecule has 1 unspecified atom stereocenters. The van der Waals surface area contributed by atoms with Crippen LogP contribution in [0.25, 0.3) is 0 Å². The van der Waals surface area contributed by atoms with Crippen molar-refractivity contribution in [2.24, 2.45) is 0 Å². The van der Waals surface area contributed by atoms with E-state index in [0.717, 1.165) is 0 Å². The summed E-state index contributed by atoms with van der Waals surface area (Å²) in [6.45, 7) is 6.43. The Morgan fingerprint density at radius 1 is 1.47 bits per heavy atom. The lowest BCUT2D eigenvalue weighted by atomic mass is 10.2. The van der Waals surface area contributed by atoms with E-state index in [2.05, 4.69) is 31.1 Å². The maximum Gasteiger partial charge on any atom is 0.110 e. The monoisotopic (exact) mass is 244 g/mol. The number of aromatic nitrogens is 1. The molecule has 0 fully saturated rings. The van der Waals surface area contributed by atoms with Gasteiger partial charge in [0, 0.05) is 4.88 Å². The molecule has 1 N–H and O–H groups in total. The third-order valence-electron chi connectivity index (χ3n) is 2.45. The van der Waals surface area contributed by atoms with Gasteiger partial charge in [-0.25, -0.2) is 4.98 Å². The van der Waals surface area contributed by atoms with Gasteiger partial charge in [0.15, 0.2) is 0 Å². The molecule has 0 aliphatic heterocycles. The van der Waals surface area contributed by atoms with Crippen molar-refractivity contribution >= 4 is 23.1 Å². The molecule has 0 amide bonds. The second-order valence-electron chi connectivity index (χ2n) is 3.52. The van der Waals surface area contributed by atoms with Crippen LogP contribution in [0.5, 0.6) is 0 Å². The predicted molar refractivity (Wildman–Crippen MR) is 71.0 cm³/mol. The van der Waals surface area contributed by atoms with Crippen LogP contribution >= 0.6 is 23.1 Å². The summed E-state index contributed by atoms with van der Waals surface area (Å²) in [5.41, 5.74) is 1.18. The quantitative estimate of drug-likeness (QED) is 0.778. The van der Waals surface area contributed by atoms with E-state index >= 15 is 0 Å². The van der Waals surface area contributed by atoms with Crippen LogP contribution < -0.4 is 5.32 Å². The number of rotatable bonds is 6. The molecule has 4 heteroatoms. The van der Waals surface area contributed by atoms with Crippen molar-refractivity contribution in [3.8, 4) is 0 Å². The molecule has 1 aromatic rings. The highest BCUT2D eigenvalue weighted by Gasteiger charge is 2.14. The Bertz CT molecular complexity index is 277. The van der Waals surface area contributed by atoms with Crippen LogP contribution in [0, 0.1) is 13.8 Å². The average molecular weight is 244 g/mol. The first kappa shape index (κ1) is 13.0. The molecule has 0 aromatic carbocycles. The zero-order valence-electron chi connectivity index (χ0n) is 9.96. The second-order valence-corrected chi connectivity index (χ2v) is 6.15. The zero-order valence-corrected chi connectivity index (χ0v) is 11.6. The van der Waals surface area contributed by atoms with E-state index in [1.54, 1.807) is 0 Å². The first-order chi connectivity index (χ1) is 7.19. The van der Waals surface area contributed by atoms with Gasteiger partial charge in [-0.1, -0.05) is 6.92 Å². The number of thioether (sulfide) groups is 1. The highest BCUT2D eigenvalue weighted by molar-refractivity contribution is 7.99. The van der Waals surface area contributed by atoms with Crippen molar-refractivity contribution in [2.45, 2.75) is 33.2 Å². The molecule has 0 saturated carbocycles. The van der Waals surface area contributed by atoms with Gasteiger partial charge in [-0.05, 0) is 38.8 Å². The smallest absolute Gasteiger partial charge is 0.110 e. The molecule has 1 aromatic heterocycles. The number of hydrogen-bond acceptors (Lipinski definition) is 4. The summed E-state index contributed by atoms with van der Waals surface area (Å²) >= 11 is 3.82. The Balaban J connectivity index is 2.57. The minimum Gasteiger partial charge on any atom is -0.311 e. The summed E-state index contributed by atoms with van der Waals surface area (Å²) in [4.78, 5) is 5.95. The molecular formula is C11H20N2S2. The first-order valence-corrected chi connectivity index (χ1v) is 7.35. The van der Waals surface area contributed by atoms with E-state index in [1.165, 1.54) is 33.5 Å². The van der Waals surface area contributed by atoms with E-state index in [1.807, 2.05) is 30.1 Å². The molecule has 86 valence electrons. The average Bonchev–Trinajstić information content (AvgIpc) is 2.54. The highest BCUT2D eigenvalue weighted by atomic mass is 32.2. The van der Waals surface area contributed by atoms with Gasteiger partial charge in [0.25, 0.3) is 0 Å². The topological polar surface area (TPSA) is 24.9 Å². The van der Waals surface area contributed by atoms with Gasteiger partial charge >= 0.3 is 0 Å². The van der Waals surface area contributed by atoms with Crippen molar-refractivity contribution in [3.63, 3.8) is 0 Å². The third-order valence-corrected chi connectivity index (χ3v) is 4.57. The SMILES string of the molecule is CCSCCC(NC)c1nc(C)c(C)s1. The van der Waals surface area contributed by atoms with Crippen molar-refractivity contribution in [1.82, 2.24) is 10.3 Å². The van der Waals surface area contributed by atoms with Crippen LogP contribution in [-0.4, -0.2) is 23.5 Å². The second kappa shape index (κ2) is 6.51. The van der Waals surface area contributed by atoms with Crippen LogP contribution in [0.4, 0.5) is 0 Å². The molecule has 0 spiro atoms. The molecule has 2 nitrogen and oxygen atoms in total. The molecule has 15 heavy (non-hydrogen) atoms. The molecule has 1 atom stereocenters. The van der Waals surface area contributed by atoms with E-state index in [9.17, 15) is 0 Å². The van der Waals surface area contributed by atoms with Gasteiger partial charge in [0.2, 0.25) is 0 Å². The molecule has 0 radical (unpaired) electrons. The highest BCUT2D eigenvalue weighted by Crippen LogP contribution is 2.25. The van der Waals surface area contributed by atoms with Gasteiger partial charge in [-0.2, -0.15) is 11.8 Å². The van der Waals surface area contributed by atoms with Gasteiger partial charge in [-0.15, -0.1) is 11.3 Å². The van der Waals surface area contributed by atoms with Crippen molar-refractivity contribution in [2.75, 3.05) is 18.6 Å². The minimum atomic E-state index is 0.432. The minimum absolute atomic E-state index is 0.432. The fourth-order valence-electron chi connectivity index (χ4n) is 1.38. The fourth-order valence-corrected chi connectivity index (χ4v) is 3.14. The summed E-state index contributed by atoms with van der Waals surface area (Å²) < 4.78 is 0. The number of aryl methyl sites for hydroxylation is 2. The Morgan fingerprint density at radius 2 is 2.20 bits per heavy atom. The number of nitrogens with one attached hydrogen (secondary N) is 1. The Kier molecular flexibility index (Phi) is 5.64. The summed E-state index contributed by atoms with van der Waals surface area (Å²) in [5.74, 6) is 2.41. The van der Waals surface area contributed by atoms with E-state index in [-0.39, 0.29) is 0 Å². The van der Waals surface area contributed by atoms with Gasteiger partial charge in [-0.3, -0.25) is 0 Å². The predicted octanol–water partition coefficient (Wildman–Crippen LogP) is 3.16. The molecule has 0 aliphatic rings. The van der Waals surface area contributed by atoms with Crippen molar-refractivity contribution in [1.29, 1.82) is 0 Å². The van der Waals surface area contributed by atoms with Gasteiger partial charge in [0.1, 0.15) is 5.01 Å². The molecular weight excluding hydrogens is 224 g/mol. The van der Waals surface area contributed by atoms with Crippen LogP contribution in [0.1, 0.15) is 35.0 Å². The van der Waals surface area contributed by atoms with Crippen LogP contribution in [0.2, 0.25) is 0 Å². The largest absolute Gasteiger partial charge is 0.311 e. The van der Waals surface area contributed by atoms with E-state index in [4.69, 9.17) is 0 Å². The normalized spacial score (nSPS) is 13.1. The lowest BCUT2D eigenvalue weighted by molar-refractivity contribution is 0.577. The van der Waals surface area contributed by atoms with Gasteiger partial charge < -0.3 is 5.32 Å². The number of thiazole rings is 1. The van der Waals surface area contributed by atoms with E-state index in [0.29, 0.717) is 6.04 Å². The van der Waals surface area contributed by atoms with Crippen molar-refractivity contribution < 1.29 is 0 Å². The lowest BCUT2D eigenvalue weighted by Crippen LogP contribution is -2.16. The van der Waals surface area contributed by atoms with Crippen LogP contribution in [0.15, 0.2) is 0 Å². The molecule has 1 rings (SSSR count). The summed E-state index contributed by atoms with van der Waals surface area (Å²) in [5, 5.41) is 4.59. The Morgan fingerprint density at radius 3 is 2.67 bits per heavy atom. The van der Waals surface area contributed by atoms with E-state index < -0.39 is 0 Å². The Hall–Kier alpha value is -0.0600. The fraction of sp³-hybridized carbons (Fsp3) is 0.727. The molecule has 0 saturated heterocycles. The molecule has 0 aliphatic carbocycles. The maximum atomic E-state index is 4.61. The molecule has 0 bridgehead atoms. The first-order valence-electron chi connectivity index (χ1n) is 5.38. The Labute approximate surface area is 101 Å². The molecule has 1 heterocycles. The summed E-state index contributed by atoms with van der Waals surface area (Å²) in [7, 11) is 2.02. The third kappa shape index (κ3) is 3.78. The summed E-state index contributed by atoms with van der Waals surface area (Å²) in [6.07, 6.45) is 1.17. The zero-order chi connectivity index (χ0) is 11.3. The number of nitrogens with zero attached hydrogens (tertiary/aromatic N) is 1. The number of hydrogen-bond donors (Lipinski definition) is 1. The van der Waals surface area contributed by atoms with Gasteiger partial charge in [0.05, 0.1) is 11.7 Å².